The summed E-state index contributed by atoms with van der Waals surface area (Å²) in [6, 6.07) is 8.45. The van der Waals surface area contributed by atoms with E-state index in [0.717, 1.165) is 11.1 Å². The third kappa shape index (κ3) is 5.10. The summed E-state index contributed by atoms with van der Waals surface area (Å²) < 4.78 is 1.54. The number of carbonyl (C=O) groups excluding carboxylic acids is 1. The monoisotopic (exact) mass is 445 g/mol. The summed E-state index contributed by atoms with van der Waals surface area (Å²) in [4.78, 5) is 35.6. The molecule has 0 aliphatic heterocycles. The van der Waals surface area contributed by atoms with Crippen LogP contribution in [-0.2, 0) is 22.6 Å². The van der Waals surface area contributed by atoms with Crippen molar-refractivity contribution in [2.24, 2.45) is 11.8 Å². The van der Waals surface area contributed by atoms with Crippen molar-refractivity contribution >= 4 is 35.0 Å². The van der Waals surface area contributed by atoms with Crippen molar-refractivity contribution in [3.8, 4) is 0 Å². The quantitative estimate of drug-likeness (QED) is 0.707. The number of aliphatic carboxylic acids is 1. The molecule has 0 saturated carbocycles. The van der Waals surface area contributed by atoms with Crippen LogP contribution in [0.2, 0.25) is 10.0 Å². The molecule has 0 radical (unpaired) electrons. The Kier molecular flexibility index (Phi) is 6.95. The van der Waals surface area contributed by atoms with Gasteiger partial charge in [0.25, 0.3) is 5.56 Å². The second kappa shape index (κ2) is 9.45. The highest BCUT2D eigenvalue weighted by Crippen LogP contribution is 2.30. The first-order valence-corrected chi connectivity index (χ1v) is 10.3. The van der Waals surface area contributed by atoms with E-state index in [1.807, 2.05) is 6.92 Å². The zero-order valence-electron chi connectivity index (χ0n) is 16.3. The molecule has 7 heteroatoms. The lowest BCUT2D eigenvalue weighted by atomic mass is 9.85. The Morgan fingerprint density at radius 3 is 2.53 bits per heavy atom. The Hall–Kier alpha value is -2.63. The maximum absolute atomic E-state index is 12.5. The lowest BCUT2D eigenvalue weighted by Gasteiger charge is -2.18. The standard InChI is InChI=1S/C23H21Cl2NO4/c1-14-5-6-16(23(29)30)12-21(27)18(14)8-7-15-10-20(25)17(11-19(15)24)13-26-9-3-2-4-22(26)28/h2-6,9-12,14,18H,7-8,13H2,1H3,(H,29,30). The van der Waals surface area contributed by atoms with Crippen molar-refractivity contribution in [2.75, 3.05) is 0 Å². The first kappa shape index (κ1) is 22.1. The highest BCUT2D eigenvalue weighted by Gasteiger charge is 2.26. The van der Waals surface area contributed by atoms with E-state index in [1.165, 1.54) is 18.2 Å². The van der Waals surface area contributed by atoms with E-state index in [4.69, 9.17) is 28.3 Å². The SMILES string of the molecule is CC1C=CC(C(=O)O)=CC(=O)C1CCc1cc(Cl)c(Cn2ccccc2=O)cc1Cl. The topological polar surface area (TPSA) is 76.4 Å². The summed E-state index contributed by atoms with van der Waals surface area (Å²) in [5.41, 5.74) is 1.41. The van der Waals surface area contributed by atoms with Crippen molar-refractivity contribution in [2.45, 2.75) is 26.3 Å². The van der Waals surface area contributed by atoms with Crippen molar-refractivity contribution < 1.29 is 14.7 Å². The lowest BCUT2D eigenvalue weighted by Crippen LogP contribution is -2.20. The number of aryl methyl sites for hydroxylation is 1. The molecule has 1 aliphatic carbocycles. The van der Waals surface area contributed by atoms with Crippen LogP contribution in [0, 0.1) is 11.8 Å². The van der Waals surface area contributed by atoms with Crippen LogP contribution in [0.25, 0.3) is 0 Å². The van der Waals surface area contributed by atoms with Gasteiger partial charge in [-0.3, -0.25) is 9.59 Å². The summed E-state index contributed by atoms with van der Waals surface area (Å²) in [6.45, 7) is 2.21. The summed E-state index contributed by atoms with van der Waals surface area (Å²) in [5.74, 6) is -1.75. The molecule has 1 aromatic heterocycles. The van der Waals surface area contributed by atoms with Crippen LogP contribution in [0.4, 0.5) is 0 Å². The van der Waals surface area contributed by atoms with Gasteiger partial charge in [0.2, 0.25) is 0 Å². The minimum Gasteiger partial charge on any atom is -0.478 e. The summed E-state index contributed by atoms with van der Waals surface area (Å²) in [7, 11) is 0. The molecule has 0 amide bonds. The molecule has 5 nitrogen and oxygen atoms in total. The molecule has 3 rings (SSSR count). The predicted octanol–water partition coefficient (Wildman–Crippen LogP) is 4.54. The number of pyridine rings is 1. The fraction of sp³-hybridized carbons (Fsp3) is 0.261. The Bertz CT molecular complexity index is 1100. The van der Waals surface area contributed by atoms with Gasteiger partial charge >= 0.3 is 5.97 Å². The number of nitrogens with zero attached hydrogens (tertiary/aromatic N) is 1. The Labute approximate surface area is 184 Å². The maximum atomic E-state index is 12.5. The van der Waals surface area contributed by atoms with Gasteiger partial charge in [0, 0.05) is 28.2 Å². The van der Waals surface area contributed by atoms with Gasteiger partial charge in [-0.15, -0.1) is 0 Å². The summed E-state index contributed by atoms with van der Waals surface area (Å²) >= 11 is 12.9. The number of carboxylic acids is 1. The highest BCUT2D eigenvalue weighted by molar-refractivity contribution is 6.34. The Balaban J connectivity index is 1.76. The lowest BCUT2D eigenvalue weighted by molar-refractivity contribution is -0.132. The second-order valence-corrected chi connectivity index (χ2v) is 8.19. The molecule has 30 heavy (non-hydrogen) atoms. The summed E-state index contributed by atoms with van der Waals surface area (Å²) in [6.07, 6.45) is 7.16. The maximum Gasteiger partial charge on any atom is 0.335 e. The molecule has 1 aliphatic rings. The minimum atomic E-state index is -1.12. The van der Waals surface area contributed by atoms with E-state index < -0.39 is 5.97 Å². The number of aromatic nitrogens is 1. The average molecular weight is 446 g/mol. The molecular weight excluding hydrogens is 425 g/mol. The molecule has 1 aromatic carbocycles. The number of hydrogen-bond donors (Lipinski definition) is 1. The Morgan fingerprint density at radius 2 is 1.83 bits per heavy atom. The van der Waals surface area contributed by atoms with E-state index in [-0.39, 0.29) is 28.8 Å². The third-order valence-electron chi connectivity index (χ3n) is 5.30. The van der Waals surface area contributed by atoms with E-state index in [0.29, 0.717) is 29.4 Å². The molecule has 0 fully saturated rings. The molecule has 2 atom stereocenters. The average Bonchev–Trinajstić information content (AvgIpc) is 2.83. The van der Waals surface area contributed by atoms with Crippen LogP contribution in [-0.4, -0.2) is 21.4 Å². The number of hydrogen-bond acceptors (Lipinski definition) is 3. The summed E-state index contributed by atoms with van der Waals surface area (Å²) in [5, 5.41) is 10.2. The zero-order chi connectivity index (χ0) is 21.8. The molecule has 2 aromatic rings. The number of carbonyl (C=O) groups is 2. The second-order valence-electron chi connectivity index (χ2n) is 7.37. The van der Waals surface area contributed by atoms with Gasteiger partial charge in [-0.2, -0.15) is 0 Å². The highest BCUT2D eigenvalue weighted by atomic mass is 35.5. The van der Waals surface area contributed by atoms with Crippen LogP contribution in [0.5, 0.6) is 0 Å². The first-order chi connectivity index (χ1) is 14.3. The fourth-order valence-electron chi connectivity index (χ4n) is 3.52. The predicted molar refractivity (Wildman–Crippen MR) is 117 cm³/mol. The molecular formula is C23H21Cl2NO4. The molecule has 0 saturated heterocycles. The zero-order valence-corrected chi connectivity index (χ0v) is 17.9. The van der Waals surface area contributed by atoms with Crippen LogP contribution in [0.3, 0.4) is 0 Å². The minimum absolute atomic E-state index is 0.00376. The number of allylic oxidation sites excluding steroid dienone is 2. The van der Waals surface area contributed by atoms with Gasteiger partial charge in [0.05, 0.1) is 12.1 Å². The molecule has 1 N–H and O–H groups in total. The van der Waals surface area contributed by atoms with Gasteiger partial charge in [-0.05, 0) is 54.2 Å². The van der Waals surface area contributed by atoms with Crippen molar-refractivity contribution in [1.82, 2.24) is 4.57 Å². The van der Waals surface area contributed by atoms with E-state index in [1.54, 1.807) is 41.1 Å². The number of halogens is 2. The van der Waals surface area contributed by atoms with Gasteiger partial charge in [0.15, 0.2) is 5.78 Å². The van der Waals surface area contributed by atoms with Crippen molar-refractivity contribution in [3.63, 3.8) is 0 Å². The number of rotatable bonds is 6. The van der Waals surface area contributed by atoms with Gasteiger partial charge in [0.1, 0.15) is 0 Å². The Morgan fingerprint density at radius 1 is 1.13 bits per heavy atom. The van der Waals surface area contributed by atoms with Crippen molar-refractivity contribution in [1.29, 1.82) is 0 Å². The molecule has 1 heterocycles. The number of ketones is 1. The van der Waals surface area contributed by atoms with Gasteiger partial charge in [-0.1, -0.05) is 48.3 Å². The first-order valence-electron chi connectivity index (χ1n) is 9.55. The normalized spacial score (nSPS) is 18.8. The molecule has 2 unspecified atom stereocenters. The van der Waals surface area contributed by atoms with Gasteiger partial charge in [-0.25, -0.2) is 4.79 Å². The molecule has 0 bridgehead atoms. The number of carboxylic acid groups (broad SMARTS) is 1. The fourth-order valence-corrected chi connectivity index (χ4v) is 4.05. The molecule has 0 spiro atoms. The largest absolute Gasteiger partial charge is 0.478 e. The molecule has 156 valence electrons. The van der Waals surface area contributed by atoms with Crippen LogP contribution < -0.4 is 5.56 Å². The van der Waals surface area contributed by atoms with E-state index in [2.05, 4.69) is 0 Å². The van der Waals surface area contributed by atoms with Crippen LogP contribution in [0.1, 0.15) is 24.5 Å². The van der Waals surface area contributed by atoms with E-state index in [9.17, 15) is 14.4 Å². The van der Waals surface area contributed by atoms with Crippen LogP contribution in [0.15, 0.2) is 65.1 Å². The third-order valence-corrected chi connectivity index (χ3v) is 6.01. The van der Waals surface area contributed by atoms with E-state index >= 15 is 0 Å². The number of benzene rings is 1. The van der Waals surface area contributed by atoms with Gasteiger partial charge < -0.3 is 9.67 Å². The van der Waals surface area contributed by atoms with Crippen LogP contribution >= 0.6 is 23.2 Å². The smallest absolute Gasteiger partial charge is 0.335 e. The van der Waals surface area contributed by atoms with Crippen molar-refractivity contribution in [3.05, 3.63) is 91.9 Å².